The Hall–Kier alpha value is -1.36. The smallest absolute Gasteiger partial charge is 0.326 e. The van der Waals surface area contributed by atoms with E-state index in [1.54, 1.807) is 17.0 Å². The molecule has 1 unspecified atom stereocenters. The van der Waals surface area contributed by atoms with Crippen LogP contribution in [0.5, 0.6) is 0 Å². The first-order valence-electron chi connectivity index (χ1n) is 4.65. The Morgan fingerprint density at radius 1 is 1.79 bits per heavy atom. The van der Waals surface area contributed by atoms with Crippen molar-refractivity contribution in [3.8, 4) is 0 Å². The van der Waals surface area contributed by atoms with Crippen LogP contribution < -0.4 is 5.73 Å². The first-order valence-corrected chi connectivity index (χ1v) is 4.65. The summed E-state index contributed by atoms with van der Waals surface area (Å²) in [6.07, 6.45) is 4.46. The van der Waals surface area contributed by atoms with Crippen molar-refractivity contribution in [2.75, 3.05) is 6.54 Å². The van der Waals surface area contributed by atoms with Crippen molar-refractivity contribution in [1.82, 2.24) is 9.55 Å². The Bertz CT molecular complexity index is 309. The fraction of sp³-hybridized carbons (Fsp3) is 0.556. The molecule has 1 atom stereocenters. The Morgan fingerprint density at radius 3 is 3.00 bits per heavy atom. The van der Waals surface area contributed by atoms with E-state index >= 15 is 0 Å². The molecule has 0 fully saturated rings. The minimum absolute atomic E-state index is 0.359. The lowest BCUT2D eigenvalue weighted by molar-refractivity contribution is -0.141. The van der Waals surface area contributed by atoms with Gasteiger partial charge in [0.2, 0.25) is 0 Å². The number of aliphatic carboxylic acids is 1. The van der Waals surface area contributed by atoms with E-state index in [1.165, 1.54) is 0 Å². The number of aromatic nitrogens is 2. The van der Waals surface area contributed by atoms with Crippen LogP contribution in [0.25, 0.3) is 0 Å². The second kappa shape index (κ2) is 4.76. The minimum atomic E-state index is -0.858. The van der Waals surface area contributed by atoms with Gasteiger partial charge in [0.15, 0.2) is 0 Å². The fourth-order valence-electron chi connectivity index (χ4n) is 1.44. The third-order valence-corrected chi connectivity index (χ3v) is 2.13. The van der Waals surface area contributed by atoms with Crippen LogP contribution in [0, 0.1) is 0 Å². The Labute approximate surface area is 82.6 Å². The first kappa shape index (κ1) is 10.7. The molecule has 78 valence electrons. The Kier molecular flexibility index (Phi) is 3.64. The lowest BCUT2D eigenvalue weighted by atomic mass is 10.2. The van der Waals surface area contributed by atoms with Crippen LogP contribution in [0.2, 0.25) is 0 Å². The molecule has 1 aromatic heterocycles. The third kappa shape index (κ3) is 2.11. The van der Waals surface area contributed by atoms with Gasteiger partial charge in [-0.15, -0.1) is 0 Å². The van der Waals surface area contributed by atoms with Crippen LogP contribution in [0.15, 0.2) is 12.4 Å². The quantitative estimate of drug-likeness (QED) is 0.716. The SMILES string of the molecule is CCc1nccn1C(CCN)C(=O)O. The number of carboxylic acids is 1. The van der Waals surface area contributed by atoms with Gasteiger partial charge in [-0.1, -0.05) is 6.92 Å². The van der Waals surface area contributed by atoms with Gasteiger partial charge in [-0.05, 0) is 13.0 Å². The van der Waals surface area contributed by atoms with E-state index in [-0.39, 0.29) is 0 Å². The molecule has 0 aromatic carbocycles. The van der Waals surface area contributed by atoms with Gasteiger partial charge in [0, 0.05) is 18.8 Å². The molecule has 0 bridgehead atoms. The van der Waals surface area contributed by atoms with Gasteiger partial charge in [0.25, 0.3) is 0 Å². The summed E-state index contributed by atoms with van der Waals surface area (Å²) in [5, 5.41) is 8.99. The van der Waals surface area contributed by atoms with Crippen molar-refractivity contribution in [3.63, 3.8) is 0 Å². The molecule has 5 heteroatoms. The van der Waals surface area contributed by atoms with Crippen molar-refractivity contribution in [2.24, 2.45) is 5.73 Å². The molecule has 14 heavy (non-hydrogen) atoms. The van der Waals surface area contributed by atoms with Gasteiger partial charge < -0.3 is 15.4 Å². The largest absolute Gasteiger partial charge is 0.480 e. The predicted octanol–water partition coefficient (Wildman–Crippen LogP) is 0.420. The molecule has 3 N–H and O–H groups in total. The first-order chi connectivity index (χ1) is 6.70. The maximum atomic E-state index is 11.0. The number of nitrogens with zero attached hydrogens (tertiary/aromatic N) is 2. The highest BCUT2D eigenvalue weighted by molar-refractivity contribution is 5.71. The van der Waals surface area contributed by atoms with Crippen molar-refractivity contribution < 1.29 is 9.90 Å². The molecule has 1 aromatic rings. The van der Waals surface area contributed by atoms with Crippen LogP contribution in [0.1, 0.15) is 25.2 Å². The molecule has 1 rings (SSSR count). The van der Waals surface area contributed by atoms with Crippen LogP contribution in [0.3, 0.4) is 0 Å². The van der Waals surface area contributed by atoms with Crippen molar-refractivity contribution in [1.29, 1.82) is 0 Å². The summed E-state index contributed by atoms with van der Waals surface area (Å²) in [5.41, 5.74) is 5.37. The van der Waals surface area contributed by atoms with E-state index in [4.69, 9.17) is 10.8 Å². The van der Waals surface area contributed by atoms with Gasteiger partial charge in [0.1, 0.15) is 11.9 Å². The van der Waals surface area contributed by atoms with Crippen molar-refractivity contribution in [2.45, 2.75) is 25.8 Å². The molecular formula is C9H15N3O2. The third-order valence-electron chi connectivity index (χ3n) is 2.13. The van der Waals surface area contributed by atoms with Gasteiger partial charge in [-0.2, -0.15) is 0 Å². The number of hydrogen-bond acceptors (Lipinski definition) is 3. The standard InChI is InChI=1S/C9H15N3O2/c1-2-8-11-5-6-12(8)7(3-4-10)9(13)14/h5-7H,2-4,10H2,1H3,(H,13,14). The number of rotatable bonds is 5. The minimum Gasteiger partial charge on any atom is -0.480 e. The highest BCUT2D eigenvalue weighted by Crippen LogP contribution is 2.13. The summed E-state index contributed by atoms with van der Waals surface area (Å²) in [5.74, 6) is -0.0750. The number of carbonyl (C=O) groups is 1. The highest BCUT2D eigenvalue weighted by Gasteiger charge is 2.20. The molecule has 0 spiro atoms. The van der Waals surface area contributed by atoms with Gasteiger partial charge in [-0.25, -0.2) is 9.78 Å². The number of nitrogens with two attached hydrogens (primary N) is 1. The van der Waals surface area contributed by atoms with E-state index in [0.717, 1.165) is 12.2 Å². The van der Waals surface area contributed by atoms with Gasteiger partial charge >= 0.3 is 5.97 Å². The lowest BCUT2D eigenvalue weighted by Gasteiger charge is -2.15. The Morgan fingerprint density at radius 2 is 2.50 bits per heavy atom. The molecule has 5 nitrogen and oxygen atoms in total. The highest BCUT2D eigenvalue weighted by atomic mass is 16.4. The second-order valence-corrected chi connectivity index (χ2v) is 3.04. The monoisotopic (exact) mass is 197 g/mol. The summed E-state index contributed by atoms with van der Waals surface area (Å²) in [4.78, 5) is 15.0. The fourth-order valence-corrected chi connectivity index (χ4v) is 1.44. The summed E-state index contributed by atoms with van der Waals surface area (Å²) in [7, 11) is 0. The van der Waals surface area contributed by atoms with E-state index < -0.39 is 12.0 Å². The molecule has 0 aliphatic heterocycles. The van der Waals surface area contributed by atoms with Crippen LogP contribution in [0.4, 0.5) is 0 Å². The van der Waals surface area contributed by atoms with E-state index in [0.29, 0.717) is 13.0 Å². The molecular weight excluding hydrogens is 182 g/mol. The molecule has 0 saturated carbocycles. The molecule has 0 amide bonds. The number of carboxylic acid groups (broad SMARTS) is 1. The topological polar surface area (TPSA) is 81.1 Å². The molecule has 0 saturated heterocycles. The van der Waals surface area contributed by atoms with Crippen molar-refractivity contribution >= 4 is 5.97 Å². The molecule has 0 aliphatic carbocycles. The van der Waals surface area contributed by atoms with Crippen LogP contribution >= 0.6 is 0 Å². The van der Waals surface area contributed by atoms with Crippen LogP contribution in [-0.2, 0) is 11.2 Å². The van der Waals surface area contributed by atoms with Crippen LogP contribution in [-0.4, -0.2) is 27.2 Å². The Balaban J connectivity index is 2.92. The maximum absolute atomic E-state index is 11.0. The number of hydrogen-bond donors (Lipinski definition) is 2. The van der Waals surface area contributed by atoms with Crippen molar-refractivity contribution in [3.05, 3.63) is 18.2 Å². The second-order valence-electron chi connectivity index (χ2n) is 3.04. The zero-order valence-electron chi connectivity index (χ0n) is 8.18. The average molecular weight is 197 g/mol. The number of imidazole rings is 1. The molecule has 1 heterocycles. The number of aryl methyl sites for hydroxylation is 1. The molecule has 0 radical (unpaired) electrons. The van der Waals surface area contributed by atoms with Gasteiger partial charge in [-0.3, -0.25) is 0 Å². The predicted molar refractivity (Wildman–Crippen MR) is 51.9 cm³/mol. The van der Waals surface area contributed by atoms with E-state index in [1.807, 2.05) is 6.92 Å². The summed E-state index contributed by atoms with van der Waals surface area (Å²) < 4.78 is 1.68. The zero-order chi connectivity index (χ0) is 10.6. The molecule has 0 aliphatic rings. The lowest BCUT2D eigenvalue weighted by Crippen LogP contribution is -2.23. The summed E-state index contributed by atoms with van der Waals surface area (Å²) in [6, 6.07) is -0.586. The van der Waals surface area contributed by atoms with E-state index in [2.05, 4.69) is 4.98 Å². The average Bonchev–Trinajstić information content (AvgIpc) is 2.61. The maximum Gasteiger partial charge on any atom is 0.326 e. The van der Waals surface area contributed by atoms with E-state index in [9.17, 15) is 4.79 Å². The summed E-state index contributed by atoms with van der Waals surface area (Å²) in [6.45, 7) is 2.30. The van der Waals surface area contributed by atoms with Gasteiger partial charge in [0.05, 0.1) is 0 Å². The zero-order valence-corrected chi connectivity index (χ0v) is 8.18. The normalized spacial score (nSPS) is 12.7. The summed E-state index contributed by atoms with van der Waals surface area (Å²) >= 11 is 0.